The molecule has 0 spiro atoms. The Morgan fingerprint density at radius 2 is 2.16 bits per heavy atom. The average molecular weight is 339 g/mol. The van der Waals surface area contributed by atoms with Gasteiger partial charge in [0.1, 0.15) is 11.6 Å². The summed E-state index contributed by atoms with van der Waals surface area (Å²) in [5.74, 6) is 2.57. The summed E-state index contributed by atoms with van der Waals surface area (Å²) in [4.78, 5) is 22.4. The third-order valence-corrected chi connectivity index (χ3v) is 4.64. The van der Waals surface area contributed by atoms with Crippen molar-refractivity contribution in [1.82, 2.24) is 20.0 Å². The smallest absolute Gasteiger partial charge is 0.239 e. The van der Waals surface area contributed by atoms with E-state index in [2.05, 4.69) is 26.4 Å². The molecule has 130 valence electrons. The summed E-state index contributed by atoms with van der Waals surface area (Å²) in [6, 6.07) is 9.81. The van der Waals surface area contributed by atoms with Crippen molar-refractivity contribution in [2.75, 3.05) is 25.0 Å². The molecule has 0 unspecified atom stereocenters. The Bertz CT molecular complexity index is 843. The van der Waals surface area contributed by atoms with Crippen LogP contribution >= 0.6 is 0 Å². The number of hydrogen-bond acceptors (Lipinski definition) is 5. The quantitative estimate of drug-likeness (QED) is 0.763. The number of amides is 1. The van der Waals surface area contributed by atoms with Gasteiger partial charge in [0.2, 0.25) is 5.91 Å². The van der Waals surface area contributed by atoms with Crippen molar-refractivity contribution in [3.05, 3.63) is 41.9 Å². The number of likely N-dealkylation sites (tertiary alicyclic amines) is 1. The van der Waals surface area contributed by atoms with Gasteiger partial charge in [-0.1, -0.05) is 17.3 Å². The van der Waals surface area contributed by atoms with Crippen molar-refractivity contribution in [3.8, 4) is 0 Å². The molecule has 4 rings (SSSR count). The van der Waals surface area contributed by atoms with Gasteiger partial charge in [-0.3, -0.25) is 9.69 Å². The summed E-state index contributed by atoms with van der Waals surface area (Å²) in [5, 5.41) is 6.55. The third kappa shape index (κ3) is 3.56. The van der Waals surface area contributed by atoms with Gasteiger partial charge < -0.3 is 14.8 Å². The standard InChI is InChI=1S/C18H21N5O2/c1-12-10-16(22-25-12)21-17(24)11-23-8-6-13(7-9-23)18-19-14-4-2-3-5-15(14)20-18/h2-5,10,13H,6-9,11H2,1H3,(H,19,20)(H,21,22,24). The first kappa shape index (κ1) is 15.8. The van der Waals surface area contributed by atoms with Crippen LogP contribution in [-0.4, -0.2) is 45.6 Å². The molecule has 3 aromatic rings. The number of fused-ring (bicyclic) bond motifs is 1. The van der Waals surface area contributed by atoms with E-state index in [-0.39, 0.29) is 5.91 Å². The summed E-state index contributed by atoms with van der Waals surface area (Å²) in [7, 11) is 0. The van der Waals surface area contributed by atoms with Crippen LogP contribution in [0.1, 0.15) is 30.3 Å². The lowest BCUT2D eigenvalue weighted by atomic mass is 9.96. The molecule has 0 saturated carbocycles. The molecule has 0 atom stereocenters. The minimum absolute atomic E-state index is 0.0597. The van der Waals surface area contributed by atoms with Crippen molar-refractivity contribution in [2.24, 2.45) is 0 Å². The van der Waals surface area contributed by atoms with E-state index in [1.54, 1.807) is 13.0 Å². The first-order valence-corrected chi connectivity index (χ1v) is 8.57. The predicted octanol–water partition coefficient (Wildman–Crippen LogP) is 2.68. The Labute approximate surface area is 145 Å². The molecule has 1 aromatic carbocycles. The van der Waals surface area contributed by atoms with Crippen LogP contribution < -0.4 is 5.32 Å². The molecule has 1 amide bonds. The number of aromatic nitrogens is 3. The van der Waals surface area contributed by atoms with Crippen molar-refractivity contribution in [3.63, 3.8) is 0 Å². The van der Waals surface area contributed by atoms with Crippen molar-refractivity contribution < 1.29 is 9.32 Å². The predicted molar refractivity (Wildman–Crippen MR) is 94.4 cm³/mol. The Kier molecular flexibility index (Phi) is 4.23. The van der Waals surface area contributed by atoms with Gasteiger partial charge >= 0.3 is 0 Å². The first-order chi connectivity index (χ1) is 12.2. The highest BCUT2D eigenvalue weighted by atomic mass is 16.5. The summed E-state index contributed by atoms with van der Waals surface area (Å²) in [6.07, 6.45) is 1.99. The van der Waals surface area contributed by atoms with E-state index in [0.29, 0.717) is 24.0 Å². The fourth-order valence-electron chi connectivity index (χ4n) is 3.34. The molecule has 7 heteroatoms. The van der Waals surface area contributed by atoms with Gasteiger partial charge in [0, 0.05) is 12.0 Å². The van der Waals surface area contributed by atoms with E-state index in [9.17, 15) is 4.79 Å². The number of aryl methyl sites for hydroxylation is 1. The number of hydrogen-bond donors (Lipinski definition) is 2. The highest BCUT2D eigenvalue weighted by Gasteiger charge is 2.24. The van der Waals surface area contributed by atoms with Crippen molar-refractivity contribution in [2.45, 2.75) is 25.7 Å². The lowest BCUT2D eigenvalue weighted by Gasteiger charge is -2.30. The van der Waals surface area contributed by atoms with Crippen LogP contribution in [-0.2, 0) is 4.79 Å². The second kappa shape index (κ2) is 6.68. The Morgan fingerprint density at radius 1 is 1.36 bits per heavy atom. The minimum atomic E-state index is -0.0597. The molecule has 0 bridgehead atoms. The average Bonchev–Trinajstić information content (AvgIpc) is 3.21. The lowest BCUT2D eigenvalue weighted by molar-refractivity contribution is -0.117. The van der Waals surface area contributed by atoms with Gasteiger partial charge in [-0.25, -0.2) is 4.98 Å². The van der Waals surface area contributed by atoms with Crippen LogP contribution in [0.25, 0.3) is 11.0 Å². The van der Waals surface area contributed by atoms with Gasteiger partial charge in [-0.2, -0.15) is 0 Å². The molecule has 25 heavy (non-hydrogen) atoms. The number of aromatic amines is 1. The summed E-state index contributed by atoms with van der Waals surface area (Å²) in [5.41, 5.74) is 2.10. The Morgan fingerprint density at radius 3 is 2.88 bits per heavy atom. The van der Waals surface area contributed by atoms with Crippen LogP contribution in [0, 0.1) is 6.92 Å². The number of carbonyl (C=O) groups is 1. The molecule has 7 nitrogen and oxygen atoms in total. The van der Waals surface area contributed by atoms with E-state index in [0.717, 1.165) is 42.8 Å². The van der Waals surface area contributed by atoms with Gasteiger partial charge in [0.05, 0.1) is 17.6 Å². The lowest BCUT2D eigenvalue weighted by Crippen LogP contribution is -2.38. The number of para-hydroxylation sites is 2. The van der Waals surface area contributed by atoms with Crippen LogP contribution in [0.4, 0.5) is 5.82 Å². The maximum absolute atomic E-state index is 12.1. The second-order valence-electron chi connectivity index (χ2n) is 6.56. The van der Waals surface area contributed by atoms with E-state index in [4.69, 9.17) is 9.51 Å². The van der Waals surface area contributed by atoms with Gasteiger partial charge in [-0.15, -0.1) is 0 Å². The number of nitrogens with zero attached hydrogens (tertiary/aromatic N) is 3. The maximum atomic E-state index is 12.1. The molecule has 1 aliphatic heterocycles. The monoisotopic (exact) mass is 339 g/mol. The van der Waals surface area contributed by atoms with Crippen LogP contribution in [0.5, 0.6) is 0 Å². The van der Waals surface area contributed by atoms with Crippen molar-refractivity contribution >= 4 is 22.8 Å². The number of rotatable bonds is 4. The molecule has 0 aliphatic carbocycles. The minimum Gasteiger partial charge on any atom is -0.360 e. The molecule has 0 radical (unpaired) electrons. The zero-order valence-corrected chi connectivity index (χ0v) is 14.2. The number of imidazole rings is 1. The molecule has 3 heterocycles. The highest BCUT2D eigenvalue weighted by molar-refractivity contribution is 5.91. The van der Waals surface area contributed by atoms with Gasteiger partial charge in [-0.05, 0) is 45.0 Å². The third-order valence-electron chi connectivity index (χ3n) is 4.64. The number of H-pyrrole nitrogens is 1. The van der Waals surface area contributed by atoms with E-state index in [1.165, 1.54) is 0 Å². The molecule has 1 aliphatic rings. The van der Waals surface area contributed by atoms with E-state index >= 15 is 0 Å². The molecule has 2 N–H and O–H groups in total. The van der Waals surface area contributed by atoms with Crippen LogP contribution in [0.2, 0.25) is 0 Å². The molecular weight excluding hydrogens is 318 g/mol. The van der Waals surface area contributed by atoms with Crippen molar-refractivity contribution in [1.29, 1.82) is 0 Å². The molecule has 1 fully saturated rings. The van der Waals surface area contributed by atoms with E-state index in [1.807, 2.05) is 18.2 Å². The van der Waals surface area contributed by atoms with Gasteiger partial charge in [0.25, 0.3) is 0 Å². The van der Waals surface area contributed by atoms with Crippen LogP contribution in [0.15, 0.2) is 34.9 Å². The summed E-state index contributed by atoms with van der Waals surface area (Å²) >= 11 is 0. The normalized spacial score (nSPS) is 16.4. The first-order valence-electron chi connectivity index (χ1n) is 8.57. The molecule has 2 aromatic heterocycles. The number of anilines is 1. The Balaban J connectivity index is 1.31. The molecular formula is C18H21N5O2. The zero-order valence-electron chi connectivity index (χ0n) is 14.2. The second-order valence-corrected chi connectivity index (χ2v) is 6.56. The zero-order chi connectivity index (χ0) is 17.2. The number of carbonyl (C=O) groups excluding carboxylic acids is 1. The number of piperidine rings is 1. The number of nitrogens with one attached hydrogen (secondary N) is 2. The Hall–Kier alpha value is -2.67. The topological polar surface area (TPSA) is 87.0 Å². The summed E-state index contributed by atoms with van der Waals surface area (Å²) < 4.78 is 4.95. The SMILES string of the molecule is Cc1cc(NC(=O)CN2CCC(c3nc4ccccc4[nH]3)CC2)no1. The van der Waals surface area contributed by atoms with E-state index < -0.39 is 0 Å². The number of benzene rings is 1. The maximum Gasteiger partial charge on any atom is 0.239 e. The fourth-order valence-corrected chi connectivity index (χ4v) is 3.34. The fraction of sp³-hybridized carbons (Fsp3) is 0.389. The van der Waals surface area contributed by atoms with Crippen LogP contribution in [0.3, 0.4) is 0 Å². The van der Waals surface area contributed by atoms with Gasteiger partial charge in [0.15, 0.2) is 5.82 Å². The molecule has 1 saturated heterocycles. The largest absolute Gasteiger partial charge is 0.360 e. The highest BCUT2D eigenvalue weighted by Crippen LogP contribution is 2.27. The summed E-state index contributed by atoms with van der Waals surface area (Å²) in [6.45, 7) is 3.93.